The van der Waals surface area contributed by atoms with Gasteiger partial charge in [0.2, 0.25) is 5.95 Å². The molecule has 2 aromatic heterocycles. The van der Waals surface area contributed by atoms with Crippen molar-refractivity contribution in [3.8, 4) is 17.3 Å². The largest absolute Gasteiger partial charge is 0.416 e. The van der Waals surface area contributed by atoms with E-state index in [1.54, 1.807) is 17.1 Å². The maximum atomic E-state index is 11.5. The van der Waals surface area contributed by atoms with Gasteiger partial charge in [-0.15, -0.1) is 0 Å². The molecule has 0 saturated carbocycles. The maximum Gasteiger partial charge on any atom is 0.329 e. The summed E-state index contributed by atoms with van der Waals surface area (Å²) in [5.41, 5.74) is 4.06. The Kier molecular flexibility index (Phi) is 7.01. The fourth-order valence-corrected chi connectivity index (χ4v) is 5.36. The highest BCUT2D eigenvalue weighted by Gasteiger charge is 2.44. The second kappa shape index (κ2) is 9.76. The van der Waals surface area contributed by atoms with Crippen molar-refractivity contribution in [2.24, 2.45) is 7.05 Å². The Bertz CT molecular complexity index is 1360. The number of nitriles is 1. The summed E-state index contributed by atoms with van der Waals surface area (Å²) >= 11 is 0. The molecule has 0 aliphatic carbocycles. The van der Waals surface area contributed by atoms with Gasteiger partial charge in [-0.1, -0.05) is 27.7 Å². The number of aromatic nitrogens is 4. The number of fused-ring (bicyclic) bond motifs is 1. The number of rotatable bonds is 8. The SMILES string of the molecule is Cn1cc(Nc2nccc(-c3cc(C#N)c4c(c3)[C@](C)(CO[Si](C)(C)C(C)(C)C)CN4[B]C=O)n2)cn1. The summed E-state index contributed by atoms with van der Waals surface area (Å²) in [7, 11) is 1.32. The van der Waals surface area contributed by atoms with Crippen molar-refractivity contribution in [1.82, 2.24) is 19.7 Å². The van der Waals surface area contributed by atoms with Gasteiger partial charge in [0.25, 0.3) is 0 Å². The first kappa shape index (κ1) is 26.6. The first-order valence-corrected chi connectivity index (χ1v) is 15.1. The highest BCUT2D eigenvalue weighted by molar-refractivity contribution is 6.74. The van der Waals surface area contributed by atoms with Crippen molar-refractivity contribution in [2.75, 3.05) is 23.3 Å². The summed E-state index contributed by atoms with van der Waals surface area (Å²) in [5, 5.41) is 17.5. The molecular weight excluding hydrogens is 481 g/mol. The van der Waals surface area contributed by atoms with Crippen LogP contribution in [0.15, 0.2) is 36.8 Å². The lowest BCUT2D eigenvalue weighted by Crippen LogP contribution is -2.46. The Hall–Kier alpha value is -3.49. The van der Waals surface area contributed by atoms with Gasteiger partial charge in [-0.2, -0.15) is 10.4 Å². The van der Waals surface area contributed by atoms with Gasteiger partial charge in [-0.3, -0.25) is 4.68 Å². The van der Waals surface area contributed by atoms with E-state index in [4.69, 9.17) is 9.41 Å². The molecule has 0 fully saturated rings. The number of nitrogens with one attached hydrogen (secondary N) is 1. The predicted molar refractivity (Wildman–Crippen MR) is 149 cm³/mol. The molecule has 3 aromatic rings. The van der Waals surface area contributed by atoms with Crippen LogP contribution in [0.3, 0.4) is 0 Å². The van der Waals surface area contributed by atoms with Crippen LogP contribution in [-0.2, 0) is 21.7 Å². The normalized spacial score (nSPS) is 17.3. The Morgan fingerprint density at radius 3 is 2.73 bits per heavy atom. The minimum atomic E-state index is -2.02. The molecule has 0 amide bonds. The van der Waals surface area contributed by atoms with E-state index >= 15 is 0 Å². The van der Waals surface area contributed by atoms with Crippen molar-refractivity contribution in [3.05, 3.63) is 47.9 Å². The minimum Gasteiger partial charge on any atom is -0.416 e. The van der Waals surface area contributed by atoms with E-state index < -0.39 is 13.7 Å². The zero-order valence-corrected chi connectivity index (χ0v) is 23.5. The lowest BCUT2D eigenvalue weighted by atomic mass is 9.83. The smallest absolute Gasteiger partial charge is 0.329 e. The fourth-order valence-electron chi connectivity index (χ4n) is 4.25. The topological polar surface area (TPSA) is 109 Å². The summed E-state index contributed by atoms with van der Waals surface area (Å²) in [5.74, 6) is 0.435. The number of carbonyl (C=O) groups excluding carboxylic acids is 1. The third kappa shape index (κ3) is 5.31. The van der Waals surface area contributed by atoms with Crippen LogP contribution < -0.4 is 10.1 Å². The Labute approximate surface area is 220 Å². The van der Waals surface area contributed by atoms with Crippen molar-refractivity contribution in [3.63, 3.8) is 0 Å². The first-order chi connectivity index (χ1) is 17.4. The third-order valence-corrected chi connectivity index (χ3v) is 11.9. The van der Waals surface area contributed by atoms with Gasteiger partial charge >= 0.3 is 7.41 Å². The molecule has 1 aliphatic heterocycles. The van der Waals surface area contributed by atoms with Gasteiger partial charge in [0, 0.05) is 49.3 Å². The van der Waals surface area contributed by atoms with Crippen LogP contribution in [0.5, 0.6) is 0 Å². The van der Waals surface area contributed by atoms with Crippen LogP contribution in [0, 0.1) is 11.3 Å². The molecule has 37 heavy (non-hydrogen) atoms. The van der Waals surface area contributed by atoms with E-state index in [-0.39, 0.29) is 5.04 Å². The summed E-state index contributed by atoms with van der Waals surface area (Å²) in [6.07, 6.45) is 5.99. The molecule has 1 aromatic carbocycles. The molecule has 4 rings (SSSR count). The summed E-state index contributed by atoms with van der Waals surface area (Å²) in [6.45, 7) is 14.3. The van der Waals surface area contributed by atoms with Crippen LogP contribution in [-0.4, -0.2) is 54.8 Å². The number of hydrogen-bond acceptors (Lipinski definition) is 8. The zero-order chi connectivity index (χ0) is 27.0. The van der Waals surface area contributed by atoms with Crippen molar-refractivity contribution >= 4 is 39.2 Å². The van der Waals surface area contributed by atoms with Gasteiger partial charge in [-0.25, -0.2) is 9.97 Å². The van der Waals surface area contributed by atoms with E-state index in [1.807, 2.05) is 30.2 Å². The second-order valence-electron chi connectivity index (χ2n) is 11.3. The Balaban J connectivity index is 1.75. The van der Waals surface area contributed by atoms with Crippen molar-refractivity contribution in [1.29, 1.82) is 5.26 Å². The molecule has 0 unspecified atom stereocenters. The molecule has 0 bridgehead atoms. The molecule has 0 saturated heterocycles. The van der Waals surface area contributed by atoms with E-state index in [1.165, 1.54) is 7.41 Å². The number of aryl methyl sites for hydroxylation is 1. The van der Waals surface area contributed by atoms with Crippen molar-refractivity contribution < 1.29 is 9.22 Å². The van der Waals surface area contributed by atoms with Crippen LogP contribution in [0.25, 0.3) is 11.3 Å². The minimum absolute atomic E-state index is 0.0672. The maximum absolute atomic E-state index is 11.5. The van der Waals surface area contributed by atoms with Crippen molar-refractivity contribution in [2.45, 2.75) is 51.2 Å². The number of benzene rings is 1. The standard InChI is InChI=1S/C26H33BN7O2Si/c1-25(2,3)37(6,7)36-16-26(4)15-34(27-17-35)23-19(12-28)10-18(11-21(23)26)22-8-9-29-24(32-22)31-20-13-30-33(5)14-20/h8-11,13-14,17H,15-16H2,1-7H3,(H,29,31,32)/t26-/m0/s1. The van der Waals surface area contributed by atoms with Gasteiger partial charge < -0.3 is 19.3 Å². The van der Waals surface area contributed by atoms with E-state index in [0.717, 1.165) is 28.7 Å². The lowest BCUT2D eigenvalue weighted by molar-refractivity contribution is 0.219. The molecule has 9 nitrogen and oxygen atoms in total. The van der Waals surface area contributed by atoms with Crippen LogP contribution in [0.4, 0.5) is 17.3 Å². The number of anilines is 3. The average Bonchev–Trinajstić information content (AvgIpc) is 3.37. The third-order valence-electron chi connectivity index (χ3n) is 7.40. The molecule has 191 valence electrons. The fraction of sp³-hybridized carbons (Fsp3) is 0.423. The van der Waals surface area contributed by atoms with E-state index in [0.29, 0.717) is 30.4 Å². The van der Waals surface area contributed by atoms with Crippen LogP contribution >= 0.6 is 0 Å². The second-order valence-corrected chi connectivity index (χ2v) is 16.2. The van der Waals surface area contributed by atoms with Gasteiger partial charge in [0.05, 0.1) is 23.1 Å². The van der Waals surface area contributed by atoms with Gasteiger partial charge in [-0.05, 0) is 41.9 Å². The highest BCUT2D eigenvalue weighted by Crippen LogP contribution is 2.46. The van der Waals surface area contributed by atoms with Crippen LogP contribution in [0.2, 0.25) is 18.1 Å². The molecular formula is C26H33BN7O2Si. The molecule has 1 radical (unpaired) electrons. The first-order valence-electron chi connectivity index (χ1n) is 12.2. The summed E-state index contributed by atoms with van der Waals surface area (Å²) in [6, 6.07) is 8.05. The Morgan fingerprint density at radius 1 is 1.35 bits per heavy atom. The zero-order valence-electron chi connectivity index (χ0n) is 22.5. The molecule has 1 N–H and O–H groups in total. The number of hydrogen-bond donors (Lipinski definition) is 1. The Morgan fingerprint density at radius 2 is 2.11 bits per heavy atom. The average molecular weight is 514 g/mol. The molecule has 0 spiro atoms. The number of carbonyl (C=O) groups is 1. The van der Waals surface area contributed by atoms with E-state index in [9.17, 15) is 10.1 Å². The molecule has 1 atom stereocenters. The van der Waals surface area contributed by atoms with Gasteiger partial charge in [0.15, 0.2) is 8.32 Å². The molecule has 3 heterocycles. The van der Waals surface area contributed by atoms with E-state index in [2.05, 4.69) is 68.3 Å². The number of nitrogens with zero attached hydrogens (tertiary/aromatic N) is 6. The predicted octanol–water partition coefficient (Wildman–Crippen LogP) is 4.40. The van der Waals surface area contributed by atoms with Gasteiger partial charge in [0.1, 0.15) is 12.3 Å². The highest BCUT2D eigenvalue weighted by atomic mass is 28.4. The monoisotopic (exact) mass is 514 g/mol. The summed E-state index contributed by atoms with van der Waals surface area (Å²) in [4.78, 5) is 22.4. The molecule has 1 aliphatic rings. The molecule has 11 heteroatoms. The lowest BCUT2D eigenvalue weighted by Gasteiger charge is -2.39. The van der Waals surface area contributed by atoms with Crippen LogP contribution in [0.1, 0.15) is 38.8 Å². The summed E-state index contributed by atoms with van der Waals surface area (Å²) < 4.78 is 8.35. The quantitative estimate of drug-likeness (QED) is 0.348.